The molecule has 0 aliphatic carbocycles. The molecule has 0 unspecified atom stereocenters. The van der Waals surface area contributed by atoms with Crippen molar-refractivity contribution in [2.75, 3.05) is 0 Å². The standard InChI is InChI=1S/C23H17N5O/c1-2-6-19(23-25-27-28-26-23)18(5-1)17-11-9-16(10-12-17)15-29-22-13-14-24-21-8-4-3-7-20(21)22/h1-14H,15H2,(H,25,26,27,28). The Morgan fingerprint density at radius 3 is 2.41 bits per heavy atom. The van der Waals surface area contributed by atoms with Crippen molar-refractivity contribution >= 4 is 10.9 Å². The van der Waals surface area contributed by atoms with E-state index in [-0.39, 0.29) is 0 Å². The Bertz CT molecular complexity index is 1240. The topological polar surface area (TPSA) is 76.6 Å². The molecule has 0 amide bonds. The molecule has 3 aromatic carbocycles. The highest BCUT2D eigenvalue weighted by molar-refractivity contribution is 5.84. The molecular weight excluding hydrogens is 362 g/mol. The molecular formula is C23H17N5O. The number of tetrazole rings is 1. The van der Waals surface area contributed by atoms with E-state index in [4.69, 9.17) is 4.74 Å². The molecule has 29 heavy (non-hydrogen) atoms. The molecule has 5 rings (SSSR count). The van der Waals surface area contributed by atoms with Gasteiger partial charge in [-0.2, -0.15) is 5.21 Å². The van der Waals surface area contributed by atoms with Gasteiger partial charge >= 0.3 is 0 Å². The Kier molecular flexibility index (Phi) is 4.42. The van der Waals surface area contributed by atoms with E-state index in [0.29, 0.717) is 12.4 Å². The normalized spacial score (nSPS) is 10.9. The molecule has 6 heteroatoms. The first-order chi connectivity index (χ1) is 14.4. The molecule has 0 bridgehead atoms. The minimum atomic E-state index is 0.487. The van der Waals surface area contributed by atoms with Gasteiger partial charge < -0.3 is 4.74 Å². The second kappa shape index (κ2) is 7.52. The lowest BCUT2D eigenvalue weighted by atomic mass is 9.98. The van der Waals surface area contributed by atoms with Crippen LogP contribution in [-0.4, -0.2) is 25.6 Å². The molecule has 2 aromatic heterocycles. The Hall–Kier alpha value is -4.06. The number of nitrogens with one attached hydrogen (secondary N) is 1. The maximum atomic E-state index is 6.06. The minimum absolute atomic E-state index is 0.487. The van der Waals surface area contributed by atoms with E-state index in [1.165, 1.54) is 0 Å². The number of pyridine rings is 1. The highest BCUT2D eigenvalue weighted by Gasteiger charge is 2.10. The summed E-state index contributed by atoms with van der Waals surface area (Å²) in [6, 6.07) is 26.2. The average Bonchev–Trinajstić information content (AvgIpc) is 3.33. The van der Waals surface area contributed by atoms with Gasteiger partial charge in [0.25, 0.3) is 0 Å². The molecule has 1 N–H and O–H groups in total. The molecule has 0 atom stereocenters. The van der Waals surface area contributed by atoms with Crippen LogP contribution in [0.25, 0.3) is 33.4 Å². The predicted molar refractivity (Wildman–Crippen MR) is 111 cm³/mol. The maximum absolute atomic E-state index is 6.06. The molecule has 0 saturated carbocycles. The summed E-state index contributed by atoms with van der Waals surface area (Å²) >= 11 is 0. The Labute approximate surface area is 167 Å². The van der Waals surface area contributed by atoms with E-state index in [1.54, 1.807) is 6.20 Å². The van der Waals surface area contributed by atoms with Crippen LogP contribution in [0.15, 0.2) is 85.1 Å². The molecule has 5 aromatic rings. The fraction of sp³-hybridized carbons (Fsp3) is 0.0435. The van der Waals surface area contributed by atoms with Gasteiger partial charge in [-0.25, -0.2) is 0 Å². The number of nitrogens with zero attached hydrogens (tertiary/aromatic N) is 4. The zero-order valence-electron chi connectivity index (χ0n) is 15.5. The van der Waals surface area contributed by atoms with E-state index in [2.05, 4.69) is 55.9 Å². The van der Waals surface area contributed by atoms with Crippen LogP contribution in [0.5, 0.6) is 5.75 Å². The Morgan fingerprint density at radius 1 is 0.793 bits per heavy atom. The van der Waals surface area contributed by atoms with Crippen molar-refractivity contribution in [2.45, 2.75) is 6.61 Å². The number of benzene rings is 3. The molecule has 6 nitrogen and oxygen atoms in total. The summed E-state index contributed by atoms with van der Waals surface area (Å²) in [4.78, 5) is 4.37. The molecule has 2 heterocycles. The molecule has 0 radical (unpaired) electrons. The lowest BCUT2D eigenvalue weighted by molar-refractivity contribution is 0.310. The van der Waals surface area contributed by atoms with E-state index < -0.39 is 0 Å². The summed E-state index contributed by atoms with van der Waals surface area (Å²) in [5.41, 5.74) is 5.10. The van der Waals surface area contributed by atoms with E-state index in [9.17, 15) is 0 Å². The smallest absolute Gasteiger partial charge is 0.205 e. The fourth-order valence-electron chi connectivity index (χ4n) is 3.34. The third kappa shape index (κ3) is 3.43. The van der Waals surface area contributed by atoms with Crippen molar-refractivity contribution in [1.82, 2.24) is 25.6 Å². The van der Waals surface area contributed by atoms with Gasteiger partial charge in [-0.3, -0.25) is 4.98 Å². The van der Waals surface area contributed by atoms with Crippen LogP contribution in [-0.2, 0) is 6.61 Å². The SMILES string of the molecule is c1ccc(-c2nn[nH]n2)c(-c2ccc(COc3ccnc4ccccc34)cc2)c1. The van der Waals surface area contributed by atoms with Gasteiger partial charge in [0.05, 0.1) is 5.52 Å². The molecule has 0 fully saturated rings. The number of aromatic nitrogens is 5. The molecule has 0 saturated heterocycles. The van der Waals surface area contributed by atoms with Gasteiger partial charge in [-0.1, -0.05) is 60.7 Å². The maximum Gasteiger partial charge on any atom is 0.205 e. The van der Waals surface area contributed by atoms with Crippen molar-refractivity contribution in [1.29, 1.82) is 0 Å². The number of para-hydroxylation sites is 1. The van der Waals surface area contributed by atoms with Gasteiger partial charge in [-0.15, -0.1) is 10.2 Å². The van der Waals surface area contributed by atoms with Gasteiger partial charge in [-0.05, 0) is 40.1 Å². The number of rotatable bonds is 5. The zero-order valence-corrected chi connectivity index (χ0v) is 15.5. The monoisotopic (exact) mass is 379 g/mol. The largest absolute Gasteiger partial charge is 0.488 e. The highest BCUT2D eigenvalue weighted by Crippen LogP contribution is 2.30. The van der Waals surface area contributed by atoms with Crippen LogP contribution in [0.3, 0.4) is 0 Å². The summed E-state index contributed by atoms with van der Waals surface area (Å²) in [5, 5.41) is 15.4. The fourth-order valence-corrected chi connectivity index (χ4v) is 3.34. The third-order valence-corrected chi connectivity index (χ3v) is 4.78. The molecule has 140 valence electrons. The lowest BCUT2D eigenvalue weighted by Crippen LogP contribution is -1.96. The van der Waals surface area contributed by atoms with Gasteiger partial charge in [0, 0.05) is 17.1 Å². The second-order valence-electron chi connectivity index (χ2n) is 6.59. The van der Waals surface area contributed by atoms with E-state index in [0.717, 1.165) is 38.9 Å². The molecule has 0 aliphatic heterocycles. The number of H-pyrrole nitrogens is 1. The lowest BCUT2D eigenvalue weighted by Gasteiger charge is -2.10. The number of aromatic amines is 1. The predicted octanol–water partition coefficient (Wildman–Crippen LogP) is 4.66. The van der Waals surface area contributed by atoms with Gasteiger partial charge in [0.2, 0.25) is 5.82 Å². The molecule has 0 aliphatic rings. The van der Waals surface area contributed by atoms with Crippen molar-refractivity contribution in [2.24, 2.45) is 0 Å². The van der Waals surface area contributed by atoms with E-state index in [1.807, 2.05) is 48.5 Å². The van der Waals surface area contributed by atoms with Crippen LogP contribution < -0.4 is 4.74 Å². The Balaban J connectivity index is 1.38. The van der Waals surface area contributed by atoms with Gasteiger partial charge in [0.15, 0.2) is 0 Å². The van der Waals surface area contributed by atoms with Crippen molar-refractivity contribution in [3.05, 3.63) is 90.6 Å². The van der Waals surface area contributed by atoms with Crippen LogP contribution in [0.4, 0.5) is 0 Å². The first kappa shape index (κ1) is 17.1. The van der Waals surface area contributed by atoms with Gasteiger partial charge in [0.1, 0.15) is 12.4 Å². The van der Waals surface area contributed by atoms with Crippen molar-refractivity contribution < 1.29 is 4.74 Å². The van der Waals surface area contributed by atoms with Crippen LogP contribution in [0.1, 0.15) is 5.56 Å². The Morgan fingerprint density at radius 2 is 1.59 bits per heavy atom. The summed E-state index contributed by atoms with van der Waals surface area (Å²) in [6.07, 6.45) is 1.77. The van der Waals surface area contributed by atoms with Crippen molar-refractivity contribution in [3.8, 4) is 28.3 Å². The average molecular weight is 379 g/mol. The number of hydrogen-bond donors (Lipinski definition) is 1. The second-order valence-corrected chi connectivity index (χ2v) is 6.59. The summed E-state index contributed by atoms with van der Waals surface area (Å²) < 4.78 is 6.06. The van der Waals surface area contributed by atoms with Crippen LogP contribution >= 0.6 is 0 Å². The minimum Gasteiger partial charge on any atom is -0.488 e. The number of fused-ring (bicyclic) bond motifs is 1. The summed E-state index contributed by atoms with van der Waals surface area (Å²) in [7, 11) is 0. The quantitative estimate of drug-likeness (QED) is 0.481. The first-order valence-electron chi connectivity index (χ1n) is 9.27. The molecule has 0 spiro atoms. The number of hydrogen-bond acceptors (Lipinski definition) is 5. The number of ether oxygens (including phenoxy) is 1. The van der Waals surface area contributed by atoms with Crippen molar-refractivity contribution in [3.63, 3.8) is 0 Å². The first-order valence-corrected chi connectivity index (χ1v) is 9.27. The highest BCUT2D eigenvalue weighted by atomic mass is 16.5. The summed E-state index contributed by atoms with van der Waals surface area (Å²) in [6.45, 7) is 0.487. The third-order valence-electron chi connectivity index (χ3n) is 4.78. The van der Waals surface area contributed by atoms with Crippen LogP contribution in [0.2, 0.25) is 0 Å². The van der Waals surface area contributed by atoms with E-state index >= 15 is 0 Å². The van der Waals surface area contributed by atoms with Crippen LogP contribution in [0, 0.1) is 0 Å². The zero-order chi connectivity index (χ0) is 19.5. The summed E-state index contributed by atoms with van der Waals surface area (Å²) in [5.74, 6) is 1.42.